The van der Waals surface area contributed by atoms with Crippen LogP contribution in [0.5, 0.6) is 0 Å². The summed E-state index contributed by atoms with van der Waals surface area (Å²) in [7, 11) is 0. The highest BCUT2D eigenvalue weighted by atomic mass is 16.5. The number of aliphatic carboxylic acids is 1. The molecule has 2 aliphatic carbocycles. The molecular weight excluding hydrogens is 444 g/mol. The Balaban J connectivity index is 1.24. The van der Waals surface area contributed by atoms with Crippen molar-refractivity contribution >= 4 is 18.0 Å². The molecule has 3 atom stereocenters. The van der Waals surface area contributed by atoms with E-state index < -0.39 is 12.1 Å². The molecule has 186 valence electrons. The molecule has 0 saturated heterocycles. The molecule has 2 aromatic rings. The van der Waals surface area contributed by atoms with Crippen LogP contribution in [0.1, 0.15) is 62.5 Å². The summed E-state index contributed by atoms with van der Waals surface area (Å²) in [5, 5.41) is 14.9. The molecule has 3 N–H and O–H groups in total. The van der Waals surface area contributed by atoms with Gasteiger partial charge in [-0.1, -0.05) is 68.3 Å². The van der Waals surface area contributed by atoms with Gasteiger partial charge in [-0.15, -0.1) is 0 Å². The van der Waals surface area contributed by atoms with Gasteiger partial charge in [0.15, 0.2) is 0 Å². The van der Waals surface area contributed by atoms with Gasteiger partial charge in [-0.05, 0) is 46.9 Å². The second-order valence-corrected chi connectivity index (χ2v) is 9.65. The molecule has 4 rings (SSSR count). The molecule has 0 spiro atoms. The lowest BCUT2D eigenvalue weighted by Crippen LogP contribution is -2.40. The van der Waals surface area contributed by atoms with Crippen LogP contribution in [0.25, 0.3) is 11.1 Å². The highest BCUT2D eigenvalue weighted by Crippen LogP contribution is 2.44. The number of carboxylic acids is 1. The first-order valence-corrected chi connectivity index (χ1v) is 12.6. The molecule has 0 heterocycles. The van der Waals surface area contributed by atoms with E-state index in [9.17, 15) is 14.4 Å². The smallest absolute Gasteiger partial charge is 0.407 e. The lowest BCUT2D eigenvalue weighted by molar-refractivity contribution is -0.138. The SMILES string of the molecule is CCC(CNC(=O)OCC1c2ccccc2-c2ccccc21)CC(=O)NC1CCCC1CC(=O)O. The minimum absolute atomic E-state index is 0.00419. The van der Waals surface area contributed by atoms with E-state index in [1.807, 2.05) is 31.2 Å². The van der Waals surface area contributed by atoms with Gasteiger partial charge < -0.3 is 20.5 Å². The predicted octanol–water partition coefficient (Wildman–Crippen LogP) is 4.70. The van der Waals surface area contributed by atoms with Crippen molar-refractivity contribution in [3.05, 3.63) is 59.7 Å². The Morgan fingerprint density at radius 1 is 1.03 bits per heavy atom. The molecule has 7 heteroatoms. The highest BCUT2D eigenvalue weighted by Gasteiger charge is 2.31. The number of carbonyl (C=O) groups is 3. The van der Waals surface area contributed by atoms with E-state index >= 15 is 0 Å². The van der Waals surface area contributed by atoms with Crippen LogP contribution < -0.4 is 10.6 Å². The Labute approximate surface area is 206 Å². The van der Waals surface area contributed by atoms with E-state index in [-0.39, 0.29) is 49.2 Å². The molecular formula is C28H34N2O5. The number of carboxylic acid groups (broad SMARTS) is 1. The normalized spacial score (nSPS) is 19.5. The number of rotatable bonds is 10. The van der Waals surface area contributed by atoms with E-state index in [2.05, 4.69) is 34.9 Å². The van der Waals surface area contributed by atoms with Gasteiger partial charge in [-0.2, -0.15) is 0 Å². The molecule has 0 radical (unpaired) electrons. The van der Waals surface area contributed by atoms with Gasteiger partial charge in [0.25, 0.3) is 0 Å². The van der Waals surface area contributed by atoms with Crippen LogP contribution in [-0.2, 0) is 14.3 Å². The number of benzene rings is 2. The highest BCUT2D eigenvalue weighted by molar-refractivity contribution is 5.79. The summed E-state index contributed by atoms with van der Waals surface area (Å²) >= 11 is 0. The van der Waals surface area contributed by atoms with Crippen LogP contribution in [0.2, 0.25) is 0 Å². The molecule has 1 fully saturated rings. The van der Waals surface area contributed by atoms with Crippen LogP contribution >= 0.6 is 0 Å². The number of hydrogen-bond acceptors (Lipinski definition) is 4. The number of hydrogen-bond donors (Lipinski definition) is 3. The lowest BCUT2D eigenvalue weighted by Gasteiger charge is -2.22. The number of nitrogens with one attached hydrogen (secondary N) is 2. The number of ether oxygens (including phenoxy) is 1. The van der Waals surface area contributed by atoms with Crippen LogP contribution in [0.3, 0.4) is 0 Å². The van der Waals surface area contributed by atoms with Gasteiger partial charge in [0.1, 0.15) is 6.61 Å². The second-order valence-electron chi connectivity index (χ2n) is 9.65. The molecule has 0 aromatic heterocycles. The Hall–Kier alpha value is -3.35. The van der Waals surface area contributed by atoms with Crippen molar-refractivity contribution < 1.29 is 24.2 Å². The molecule has 35 heavy (non-hydrogen) atoms. The van der Waals surface area contributed by atoms with Gasteiger partial charge in [-0.25, -0.2) is 4.79 Å². The van der Waals surface area contributed by atoms with E-state index in [1.54, 1.807) is 0 Å². The third-order valence-corrected chi connectivity index (χ3v) is 7.37. The zero-order valence-electron chi connectivity index (χ0n) is 20.2. The van der Waals surface area contributed by atoms with Gasteiger partial charge >= 0.3 is 12.1 Å². The van der Waals surface area contributed by atoms with Gasteiger partial charge in [-0.3, -0.25) is 9.59 Å². The fraction of sp³-hybridized carbons (Fsp3) is 0.464. The van der Waals surface area contributed by atoms with Crippen molar-refractivity contribution in [3.63, 3.8) is 0 Å². The molecule has 2 aliphatic rings. The molecule has 2 aromatic carbocycles. The molecule has 3 unspecified atom stereocenters. The van der Waals surface area contributed by atoms with Gasteiger partial charge in [0.2, 0.25) is 5.91 Å². The van der Waals surface area contributed by atoms with E-state index in [0.717, 1.165) is 36.8 Å². The Morgan fingerprint density at radius 2 is 1.69 bits per heavy atom. The molecule has 0 bridgehead atoms. The number of fused-ring (bicyclic) bond motifs is 3. The monoisotopic (exact) mass is 478 g/mol. The van der Waals surface area contributed by atoms with E-state index in [4.69, 9.17) is 9.84 Å². The molecule has 7 nitrogen and oxygen atoms in total. The largest absolute Gasteiger partial charge is 0.481 e. The summed E-state index contributed by atoms with van der Waals surface area (Å²) in [4.78, 5) is 36.1. The topological polar surface area (TPSA) is 105 Å². The standard InChI is InChI=1S/C28H34N2O5/c1-2-18(14-26(31)30-25-13-7-8-19(25)15-27(32)33)16-29-28(34)35-17-24-22-11-5-3-9-20(22)21-10-4-6-12-23(21)24/h3-6,9-12,18-19,24-25H,2,7-8,13-17H2,1H3,(H,29,34)(H,30,31)(H,32,33). The van der Waals surface area contributed by atoms with Crippen LogP contribution in [0.15, 0.2) is 48.5 Å². The Bertz CT molecular complexity index is 1020. The Kier molecular flexibility index (Phi) is 8.06. The van der Waals surface area contributed by atoms with Crippen molar-refractivity contribution in [2.75, 3.05) is 13.2 Å². The Morgan fingerprint density at radius 3 is 2.31 bits per heavy atom. The first kappa shape index (κ1) is 24.8. The van der Waals surface area contributed by atoms with Crippen molar-refractivity contribution in [3.8, 4) is 11.1 Å². The average molecular weight is 479 g/mol. The summed E-state index contributed by atoms with van der Waals surface area (Å²) in [5.74, 6) is -0.931. The molecule has 0 aliphatic heterocycles. The van der Waals surface area contributed by atoms with E-state index in [1.165, 1.54) is 11.1 Å². The zero-order chi connectivity index (χ0) is 24.8. The first-order chi connectivity index (χ1) is 17.0. The van der Waals surface area contributed by atoms with Crippen LogP contribution in [0.4, 0.5) is 4.79 Å². The zero-order valence-corrected chi connectivity index (χ0v) is 20.2. The minimum Gasteiger partial charge on any atom is -0.481 e. The van der Waals surface area contributed by atoms with Crippen molar-refractivity contribution in [2.24, 2.45) is 11.8 Å². The predicted molar refractivity (Wildman–Crippen MR) is 133 cm³/mol. The first-order valence-electron chi connectivity index (χ1n) is 12.6. The molecule has 1 saturated carbocycles. The van der Waals surface area contributed by atoms with Crippen molar-refractivity contribution in [1.82, 2.24) is 10.6 Å². The molecule has 2 amide bonds. The second kappa shape index (κ2) is 11.4. The summed E-state index contributed by atoms with van der Waals surface area (Å²) in [5.41, 5.74) is 4.69. The van der Waals surface area contributed by atoms with Crippen molar-refractivity contribution in [1.29, 1.82) is 0 Å². The van der Waals surface area contributed by atoms with Crippen LogP contribution in [0, 0.1) is 11.8 Å². The fourth-order valence-corrected chi connectivity index (χ4v) is 5.46. The number of alkyl carbamates (subject to hydrolysis) is 1. The number of carbonyl (C=O) groups excluding carboxylic acids is 2. The maximum atomic E-state index is 12.6. The lowest BCUT2D eigenvalue weighted by atomic mass is 9.98. The van der Waals surface area contributed by atoms with Gasteiger partial charge in [0, 0.05) is 24.9 Å². The van der Waals surface area contributed by atoms with Crippen molar-refractivity contribution in [2.45, 2.75) is 57.4 Å². The van der Waals surface area contributed by atoms with Crippen LogP contribution in [-0.4, -0.2) is 42.3 Å². The third-order valence-electron chi connectivity index (χ3n) is 7.37. The quantitative estimate of drug-likeness (QED) is 0.459. The number of amides is 2. The minimum atomic E-state index is -0.824. The maximum absolute atomic E-state index is 12.6. The van der Waals surface area contributed by atoms with E-state index in [0.29, 0.717) is 6.54 Å². The average Bonchev–Trinajstić information content (AvgIpc) is 3.41. The summed E-state index contributed by atoms with van der Waals surface area (Å²) in [6.45, 7) is 2.59. The fourth-order valence-electron chi connectivity index (χ4n) is 5.46. The van der Waals surface area contributed by atoms with Gasteiger partial charge in [0.05, 0.1) is 6.42 Å². The maximum Gasteiger partial charge on any atom is 0.407 e. The summed E-state index contributed by atoms with van der Waals surface area (Å²) in [6.07, 6.45) is 3.21. The third kappa shape index (κ3) is 6.02. The summed E-state index contributed by atoms with van der Waals surface area (Å²) < 4.78 is 5.59. The summed E-state index contributed by atoms with van der Waals surface area (Å²) in [6, 6.07) is 16.3.